The van der Waals surface area contributed by atoms with E-state index in [9.17, 15) is 9.90 Å². The Morgan fingerprint density at radius 1 is 1.38 bits per heavy atom. The highest BCUT2D eigenvalue weighted by Gasteiger charge is 2.45. The van der Waals surface area contributed by atoms with E-state index in [-0.39, 0.29) is 5.91 Å². The second-order valence-electron chi connectivity index (χ2n) is 3.41. The number of aryl methyl sites for hydroxylation is 1. The van der Waals surface area contributed by atoms with E-state index in [0.717, 1.165) is 5.56 Å². The van der Waals surface area contributed by atoms with Gasteiger partial charge in [0.1, 0.15) is 0 Å². The van der Waals surface area contributed by atoms with Crippen molar-refractivity contribution in [3.63, 3.8) is 0 Å². The van der Waals surface area contributed by atoms with Gasteiger partial charge in [0.05, 0.1) is 6.54 Å². The Hall–Kier alpha value is -1.35. The van der Waals surface area contributed by atoms with Gasteiger partial charge in [-0.2, -0.15) is 0 Å². The molecule has 1 aromatic carbocycles. The SMILES string of the molecule is Cc1ccc(C2(O)CNC2=O)cc1. The fourth-order valence-electron chi connectivity index (χ4n) is 1.39. The van der Waals surface area contributed by atoms with Crippen molar-refractivity contribution in [2.45, 2.75) is 12.5 Å². The Kier molecular flexibility index (Phi) is 1.63. The predicted octanol–water partition coefficient (Wildman–Crippen LogP) is 0.312. The second-order valence-corrected chi connectivity index (χ2v) is 3.41. The minimum absolute atomic E-state index is 0.309. The molecule has 3 heteroatoms. The summed E-state index contributed by atoms with van der Waals surface area (Å²) in [5, 5.41) is 12.4. The van der Waals surface area contributed by atoms with E-state index in [1.54, 1.807) is 12.1 Å². The minimum Gasteiger partial charge on any atom is -0.374 e. The lowest BCUT2D eigenvalue weighted by molar-refractivity contribution is -0.153. The molecule has 1 saturated heterocycles. The van der Waals surface area contributed by atoms with E-state index < -0.39 is 5.60 Å². The topological polar surface area (TPSA) is 49.3 Å². The number of amides is 1. The Morgan fingerprint density at radius 2 is 2.00 bits per heavy atom. The van der Waals surface area contributed by atoms with Crippen LogP contribution >= 0.6 is 0 Å². The van der Waals surface area contributed by atoms with Crippen molar-refractivity contribution in [1.82, 2.24) is 5.32 Å². The average Bonchev–Trinajstić information content (AvgIpc) is 2.15. The van der Waals surface area contributed by atoms with Crippen molar-refractivity contribution >= 4 is 5.91 Å². The van der Waals surface area contributed by atoms with Gasteiger partial charge in [-0.05, 0) is 12.5 Å². The van der Waals surface area contributed by atoms with E-state index in [4.69, 9.17) is 0 Å². The van der Waals surface area contributed by atoms with Crippen LogP contribution in [0, 0.1) is 6.92 Å². The molecule has 0 bridgehead atoms. The molecule has 1 unspecified atom stereocenters. The number of nitrogens with one attached hydrogen (secondary N) is 1. The van der Waals surface area contributed by atoms with E-state index in [1.807, 2.05) is 19.1 Å². The molecule has 1 aromatic rings. The number of β-amino-alcohol motifs (C(OH)–C–C–N with tert-alkyl or cyclic N) is 1. The van der Waals surface area contributed by atoms with Gasteiger partial charge >= 0.3 is 0 Å². The van der Waals surface area contributed by atoms with E-state index in [1.165, 1.54) is 0 Å². The number of hydrogen-bond acceptors (Lipinski definition) is 2. The van der Waals surface area contributed by atoms with Gasteiger partial charge in [-0.1, -0.05) is 29.8 Å². The summed E-state index contributed by atoms with van der Waals surface area (Å²) in [6, 6.07) is 7.35. The molecule has 0 aromatic heterocycles. The zero-order valence-corrected chi connectivity index (χ0v) is 7.37. The fourth-order valence-corrected chi connectivity index (χ4v) is 1.39. The number of hydrogen-bond donors (Lipinski definition) is 2. The number of benzene rings is 1. The van der Waals surface area contributed by atoms with Crippen molar-refractivity contribution in [2.24, 2.45) is 0 Å². The van der Waals surface area contributed by atoms with Crippen LogP contribution in [0.5, 0.6) is 0 Å². The van der Waals surface area contributed by atoms with Crippen molar-refractivity contribution in [3.05, 3.63) is 35.4 Å². The van der Waals surface area contributed by atoms with Gasteiger partial charge in [-0.3, -0.25) is 4.79 Å². The first kappa shape index (κ1) is 8.26. The number of rotatable bonds is 1. The molecule has 1 aliphatic heterocycles. The summed E-state index contributed by atoms with van der Waals surface area (Å²) in [5.41, 5.74) is 0.502. The third kappa shape index (κ3) is 1.12. The summed E-state index contributed by atoms with van der Waals surface area (Å²) < 4.78 is 0. The predicted molar refractivity (Wildman–Crippen MR) is 48.1 cm³/mol. The monoisotopic (exact) mass is 177 g/mol. The average molecular weight is 177 g/mol. The van der Waals surface area contributed by atoms with Crippen LogP contribution in [-0.2, 0) is 10.4 Å². The zero-order chi connectivity index (χ0) is 9.47. The molecule has 13 heavy (non-hydrogen) atoms. The molecule has 1 heterocycles. The molecule has 2 N–H and O–H groups in total. The lowest BCUT2D eigenvalue weighted by atomic mass is 9.87. The van der Waals surface area contributed by atoms with Gasteiger partial charge in [-0.25, -0.2) is 0 Å². The number of aliphatic hydroxyl groups is 1. The fraction of sp³-hybridized carbons (Fsp3) is 0.300. The second kappa shape index (κ2) is 2.57. The largest absolute Gasteiger partial charge is 0.374 e. The quantitative estimate of drug-likeness (QED) is 0.607. The van der Waals surface area contributed by atoms with E-state index in [0.29, 0.717) is 12.1 Å². The summed E-state index contributed by atoms with van der Waals surface area (Å²) >= 11 is 0. The zero-order valence-electron chi connectivity index (χ0n) is 7.37. The molecule has 2 rings (SSSR count). The van der Waals surface area contributed by atoms with Gasteiger partial charge < -0.3 is 10.4 Å². The maximum atomic E-state index is 11.1. The van der Waals surface area contributed by atoms with Crippen LogP contribution in [0.3, 0.4) is 0 Å². The van der Waals surface area contributed by atoms with Crippen molar-refractivity contribution in [2.75, 3.05) is 6.54 Å². The molecule has 1 fully saturated rings. The van der Waals surface area contributed by atoms with Crippen molar-refractivity contribution in [3.8, 4) is 0 Å². The Labute approximate surface area is 76.4 Å². The highest BCUT2D eigenvalue weighted by Crippen LogP contribution is 2.26. The first-order valence-electron chi connectivity index (χ1n) is 4.21. The lowest BCUT2D eigenvalue weighted by Crippen LogP contribution is -2.62. The maximum absolute atomic E-state index is 11.1. The number of carbonyl (C=O) groups is 1. The highest BCUT2D eigenvalue weighted by molar-refractivity contribution is 5.92. The Morgan fingerprint density at radius 3 is 2.38 bits per heavy atom. The molecular formula is C10H11NO2. The van der Waals surface area contributed by atoms with Crippen LogP contribution in [0.25, 0.3) is 0 Å². The standard InChI is InChI=1S/C10H11NO2/c1-7-2-4-8(5-3-7)10(13)6-11-9(10)12/h2-5,13H,6H2,1H3,(H,11,12). The summed E-state index contributed by atoms with van der Waals surface area (Å²) in [6.45, 7) is 2.28. The van der Waals surface area contributed by atoms with Gasteiger partial charge in [-0.15, -0.1) is 0 Å². The van der Waals surface area contributed by atoms with E-state index >= 15 is 0 Å². The first-order valence-corrected chi connectivity index (χ1v) is 4.21. The third-order valence-electron chi connectivity index (χ3n) is 2.41. The van der Waals surface area contributed by atoms with Gasteiger partial charge in [0.15, 0.2) is 5.60 Å². The van der Waals surface area contributed by atoms with Gasteiger partial charge in [0.25, 0.3) is 5.91 Å². The summed E-state index contributed by atoms with van der Waals surface area (Å²) in [7, 11) is 0. The normalized spacial score (nSPS) is 26.5. The molecule has 0 saturated carbocycles. The van der Waals surface area contributed by atoms with Crippen molar-refractivity contribution in [1.29, 1.82) is 0 Å². The lowest BCUT2D eigenvalue weighted by Gasteiger charge is -2.36. The molecule has 3 nitrogen and oxygen atoms in total. The molecule has 1 atom stereocenters. The Bertz CT molecular complexity index is 344. The van der Waals surface area contributed by atoms with Crippen molar-refractivity contribution < 1.29 is 9.90 Å². The number of carbonyl (C=O) groups excluding carboxylic acids is 1. The summed E-state index contributed by atoms with van der Waals surface area (Å²) in [4.78, 5) is 11.1. The van der Waals surface area contributed by atoms with Crippen LogP contribution < -0.4 is 5.32 Å². The van der Waals surface area contributed by atoms with Crippen LogP contribution in [0.4, 0.5) is 0 Å². The molecule has 68 valence electrons. The highest BCUT2D eigenvalue weighted by atomic mass is 16.3. The first-order chi connectivity index (χ1) is 6.13. The minimum atomic E-state index is -1.28. The van der Waals surface area contributed by atoms with Crippen LogP contribution in [0.15, 0.2) is 24.3 Å². The number of β-lactam (4-membered cyclic amide) rings is 1. The molecule has 1 aliphatic rings. The smallest absolute Gasteiger partial charge is 0.258 e. The molecule has 0 aliphatic carbocycles. The van der Waals surface area contributed by atoms with Crippen LogP contribution in [0.2, 0.25) is 0 Å². The van der Waals surface area contributed by atoms with E-state index in [2.05, 4.69) is 5.32 Å². The Balaban J connectivity index is 2.35. The molecule has 1 amide bonds. The molecule has 0 radical (unpaired) electrons. The van der Waals surface area contributed by atoms with Gasteiger partial charge in [0.2, 0.25) is 0 Å². The third-order valence-corrected chi connectivity index (χ3v) is 2.41. The maximum Gasteiger partial charge on any atom is 0.258 e. The summed E-state index contributed by atoms with van der Waals surface area (Å²) in [5.74, 6) is -0.309. The molecule has 0 spiro atoms. The van der Waals surface area contributed by atoms with Gasteiger partial charge in [0, 0.05) is 0 Å². The molecular weight excluding hydrogens is 166 g/mol. The van der Waals surface area contributed by atoms with Crippen LogP contribution in [0.1, 0.15) is 11.1 Å². The van der Waals surface area contributed by atoms with Crippen LogP contribution in [-0.4, -0.2) is 17.6 Å². The summed E-state index contributed by atoms with van der Waals surface area (Å²) in [6.07, 6.45) is 0.